The highest BCUT2D eigenvalue weighted by Gasteiger charge is 2.19. The van der Waals surface area contributed by atoms with Crippen molar-refractivity contribution in [2.75, 3.05) is 11.9 Å². The van der Waals surface area contributed by atoms with Gasteiger partial charge in [0.05, 0.1) is 0 Å². The molecule has 0 aromatic heterocycles. The van der Waals surface area contributed by atoms with Crippen molar-refractivity contribution in [3.05, 3.63) is 29.8 Å². The molecule has 1 rings (SSSR count). The second-order valence-corrected chi connectivity index (χ2v) is 4.49. The third-order valence-electron chi connectivity index (χ3n) is 2.61. The summed E-state index contributed by atoms with van der Waals surface area (Å²) in [6.07, 6.45) is 0. The minimum atomic E-state index is -1.09. The van der Waals surface area contributed by atoms with E-state index in [9.17, 15) is 14.4 Å². The molecule has 0 spiro atoms. The number of aliphatic carboxylic acids is 1. The van der Waals surface area contributed by atoms with E-state index in [1.54, 1.807) is 13.8 Å². The fraction of sp³-hybridized carbons (Fsp3) is 0.308. The number of benzene rings is 1. The van der Waals surface area contributed by atoms with Crippen molar-refractivity contribution in [3.8, 4) is 0 Å². The Morgan fingerprint density at radius 3 is 2.20 bits per heavy atom. The van der Waals surface area contributed by atoms with Crippen LogP contribution in [0.25, 0.3) is 0 Å². The van der Waals surface area contributed by atoms with Gasteiger partial charge in [-0.05, 0) is 38.1 Å². The number of urea groups is 1. The van der Waals surface area contributed by atoms with E-state index in [2.05, 4.69) is 5.32 Å². The molecule has 0 fully saturated rings. The van der Waals surface area contributed by atoms with E-state index in [0.717, 1.165) is 0 Å². The van der Waals surface area contributed by atoms with Crippen LogP contribution >= 0.6 is 0 Å². The van der Waals surface area contributed by atoms with Gasteiger partial charge in [-0.3, -0.25) is 9.59 Å². The van der Waals surface area contributed by atoms with Gasteiger partial charge in [-0.2, -0.15) is 0 Å². The van der Waals surface area contributed by atoms with Crippen molar-refractivity contribution >= 4 is 23.6 Å². The molecule has 7 nitrogen and oxygen atoms in total. The molecule has 0 heterocycles. The molecule has 0 radical (unpaired) electrons. The second kappa shape index (κ2) is 6.55. The van der Waals surface area contributed by atoms with Crippen LogP contribution in [0.5, 0.6) is 0 Å². The van der Waals surface area contributed by atoms with E-state index in [-0.39, 0.29) is 12.6 Å². The Balaban J connectivity index is 2.77. The first-order valence-corrected chi connectivity index (χ1v) is 6.00. The van der Waals surface area contributed by atoms with Crippen LogP contribution in [0.15, 0.2) is 24.3 Å². The molecule has 0 unspecified atom stereocenters. The number of nitrogens with two attached hydrogens (primary N) is 1. The number of carboxylic acid groups (broad SMARTS) is 1. The molecule has 0 aliphatic heterocycles. The molecule has 0 aliphatic carbocycles. The van der Waals surface area contributed by atoms with Gasteiger partial charge in [-0.1, -0.05) is 0 Å². The van der Waals surface area contributed by atoms with Gasteiger partial charge in [0, 0.05) is 17.3 Å². The molecule has 7 heteroatoms. The molecule has 0 atom stereocenters. The van der Waals surface area contributed by atoms with Gasteiger partial charge in [0.25, 0.3) is 0 Å². The molecule has 0 bridgehead atoms. The van der Waals surface area contributed by atoms with E-state index in [4.69, 9.17) is 10.8 Å². The first-order valence-electron chi connectivity index (χ1n) is 6.00. The summed E-state index contributed by atoms with van der Waals surface area (Å²) in [7, 11) is 0. The van der Waals surface area contributed by atoms with Crippen LogP contribution in [0, 0.1) is 0 Å². The Bertz CT molecular complexity index is 511. The fourth-order valence-electron chi connectivity index (χ4n) is 1.55. The molecule has 1 aromatic rings. The Kier molecular flexibility index (Phi) is 5.08. The standard InChI is InChI=1S/C13H17N3O4/c1-8(2)16(7-11(17)18)13(20)15-10-5-3-9(4-6-10)12(14)19/h3-6,8H,7H2,1-2H3,(H2,14,19)(H,15,20)(H,17,18). The first kappa shape index (κ1) is 15.5. The average Bonchev–Trinajstić information content (AvgIpc) is 2.35. The van der Waals surface area contributed by atoms with Crippen molar-refractivity contribution < 1.29 is 19.5 Å². The van der Waals surface area contributed by atoms with Crippen LogP contribution in [0.4, 0.5) is 10.5 Å². The molecule has 0 saturated carbocycles. The van der Waals surface area contributed by atoms with Gasteiger partial charge in [0.1, 0.15) is 6.54 Å². The summed E-state index contributed by atoms with van der Waals surface area (Å²) in [5.74, 6) is -1.64. The number of anilines is 1. The zero-order chi connectivity index (χ0) is 15.3. The molecule has 108 valence electrons. The number of amides is 3. The van der Waals surface area contributed by atoms with Crippen molar-refractivity contribution in [2.45, 2.75) is 19.9 Å². The van der Waals surface area contributed by atoms with E-state index in [1.807, 2.05) is 0 Å². The quantitative estimate of drug-likeness (QED) is 0.749. The highest BCUT2D eigenvalue weighted by molar-refractivity contribution is 5.95. The number of carbonyl (C=O) groups excluding carboxylic acids is 2. The molecular weight excluding hydrogens is 262 g/mol. The van der Waals surface area contributed by atoms with Crippen molar-refractivity contribution in [2.24, 2.45) is 5.73 Å². The monoisotopic (exact) mass is 279 g/mol. The van der Waals surface area contributed by atoms with Crippen LogP contribution in [-0.2, 0) is 4.79 Å². The number of hydrogen-bond acceptors (Lipinski definition) is 3. The summed E-state index contributed by atoms with van der Waals surface area (Å²) in [6, 6.07) is 5.24. The zero-order valence-electron chi connectivity index (χ0n) is 11.3. The number of rotatable bonds is 5. The van der Waals surface area contributed by atoms with E-state index >= 15 is 0 Å². The third-order valence-corrected chi connectivity index (χ3v) is 2.61. The largest absolute Gasteiger partial charge is 0.480 e. The molecule has 1 aromatic carbocycles. The number of nitrogens with one attached hydrogen (secondary N) is 1. The van der Waals surface area contributed by atoms with Gasteiger partial charge in [-0.25, -0.2) is 4.79 Å². The second-order valence-electron chi connectivity index (χ2n) is 4.49. The number of carboxylic acids is 1. The lowest BCUT2D eigenvalue weighted by molar-refractivity contribution is -0.137. The summed E-state index contributed by atoms with van der Waals surface area (Å²) in [6.45, 7) is 3.06. The maximum atomic E-state index is 12.0. The van der Waals surface area contributed by atoms with Crippen molar-refractivity contribution in [1.82, 2.24) is 4.90 Å². The van der Waals surface area contributed by atoms with Crippen LogP contribution in [-0.4, -0.2) is 40.5 Å². The normalized spacial score (nSPS) is 10.2. The number of primary amides is 1. The third kappa shape index (κ3) is 4.27. The summed E-state index contributed by atoms with van der Waals surface area (Å²) in [5, 5.41) is 11.3. The lowest BCUT2D eigenvalue weighted by atomic mass is 10.2. The van der Waals surface area contributed by atoms with Gasteiger partial charge < -0.3 is 21.1 Å². The van der Waals surface area contributed by atoms with E-state index in [1.165, 1.54) is 29.2 Å². The van der Waals surface area contributed by atoms with Crippen LogP contribution in [0.1, 0.15) is 24.2 Å². The smallest absolute Gasteiger partial charge is 0.323 e. The molecule has 0 saturated heterocycles. The highest BCUT2D eigenvalue weighted by atomic mass is 16.4. The maximum Gasteiger partial charge on any atom is 0.323 e. The maximum absolute atomic E-state index is 12.0. The molecular formula is C13H17N3O4. The zero-order valence-corrected chi connectivity index (χ0v) is 11.3. The molecule has 4 N–H and O–H groups in total. The topological polar surface area (TPSA) is 113 Å². The van der Waals surface area contributed by atoms with Crippen LogP contribution in [0.2, 0.25) is 0 Å². The van der Waals surface area contributed by atoms with Gasteiger partial charge in [0.2, 0.25) is 5.91 Å². The number of carbonyl (C=O) groups is 3. The summed E-state index contributed by atoms with van der Waals surface area (Å²) >= 11 is 0. The highest BCUT2D eigenvalue weighted by Crippen LogP contribution is 2.11. The van der Waals surface area contributed by atoms with Crippen molar-refractivity contribution in [3.63, 3.8) is 0 Å². The number of nitrogens with zero attached hydrogens (tertiary/aromatic N) is 1. The Morgan fingerprint density at radius 1 is 1.25 bits per heavy atom. The predicted molar refractivity (Wildman–Crippen MR) is 73.5 cm³/mol. The van der Waals surface area contributed by atoms with E-state index < -0.39 is 17.9 Å². The summed E-state index contributed by atoms with van der Waals surface area (Å²) < 4.78 is 0. The molecule has 0 aliphatic rings. The van der Waals surface area contributed by atoms with E-state index in [0.29, 0.717) is 11.3 Å². The summed E-state index contributed by atoms with van der Waals surface area (Å²) in [5.41, 5.74) is 5.89. The molecule has 20 heavy (non-hydrogen) atoms. The minimum Gasteiger partial charge on any atom is -0.480 e. The Morgan fingerprint density at radius 2 is 1.80 bits per heavy atom. The Labute approximate surface area is 116 Å². The lowest BCUT2D eigenvalue weighted by Gasteiger charge is -2.25. The van der Waals surface area contributed by atoms with Crippen LogP contribution < -0.4 is 11.1 Å². The first-order chi connectivity index (χ1) is 9.31. The Hall–Kier alpha value is -2.57. The number of hydrogen-bond donors (Lipinski definition) is 3. The minimum absolute atomic E-state index is 0.254. The fourth-order valence-corrected chi connectivity index (χ4v) is 1.55. The van der Waals surface area contributed by atoms with Crippen LogP contribution in [0.3, 0.4) is 0 Å². The van der Waals surface area contributed by atoms with Gasteiger partial charge in [0.15, 0.2) is 0 Å². The SMILES string of the molecule is CC(C)N(CC(=O)O)C(=O)Nc1ccc(C(N)=O)cc1. The van der Waals surface area contributed by atoms with Gasteiger partial charge in [-0.15, -0.1) is 0 Å². The average molecular weight is 279 g/mol. The van der Waals surface area contributed by atoms with Crippen molar-refractivity contribution in [1.29, 1.82) is 0 Å². The summed E-state index contributed by atoms with van der Waals surface area (Å²) in [4.78, 5) is 34.8. The lowest BCUT2D eigenvalue weighted by Crippen LogP contribution is -2.43. The molecule has 3 amide bonds. The predicted octanol–water partition coefficient (Wildman–Crippen LogP) is 1.11. The van der Waals surface area contributed by atoms with Gasteiger partial charge >= 0.3 is 12.0 Å².